The number of imide groups is 1. The number of benzene rings is 1. The Kier molecular flexibility index (Phi) is 12.3. The maximum absolute atomic E-state index is 15.2. The molecule has 1 aromatic carbocycles. The maximum Gasteiger partial charge on any atom is 0.461 e. The summed E-state index contributed by atoms with van der Waals surface area (Å²) in [5, 5.41) is 2.78. The van der Waals surface area contributed by atoms with Gasteiger partial charge >= 0.3 is 18.1 Å². The molecule has 16 heteroatoms. The van der Waals surface area contributed by atoms with E-state index in [4.69, 9.17) is 10.5 Å². The van der Waals surface area contributed by atoms with E-state index in [0.717, 1.165) is 26.0 Å². The van der Waals surface area contributed by atoms with Gasteiger partial charge < -0.3 is 20.1 Å². The van der Waals surface area contributed by atoms with Crippen LogP contribution in [-0.4, -0.2) is 95.8 Å². The van der Waals surface area contributed by atoms with Crippen LogP contribution in [0.5, 0.6) is 0 Å². The Bertz CT molecular complexity index is 1410. The summed E-state index contributed by atoms with van der Waals surface area (Å²) < 4.78 is 81.9. The number of alkyl halides is 5. The summed E-state index contributed by atoms with van der Waals surface area (Å²) in [6.07, 6.45) is -5.87. The van der Waals surface area contributed by atoms with Crippen molar-refractivity contribution >= 4 is 29.5 Å². The van der Waals surface area contributed by atoms with Crippen LogP contribution in [0.2, 0.25) is 0 Å². The number of ether oxygens (including phenoxy) is 2. The van der Waals surface area contributed by atoms with Gasteiger partial charge in [0, 0.05) is 31.1 Å². The summed E-state index contributed by atoms with van der Waals surface area (Å²) >= 11 is 0. The molecular formula is C32H41F5N4O7. The number of halogens is 5. The number of carbonyl (C=O) groups is 5. The van der Waals surface area contributed by atoms with Gasteiger partial charge in [-0.1, -0.05) is 27.7 Å². The monoisotopic (exact) mass is 688 g/mol. The number of nitrogens with two attached hydrogens (primary N) is 1. The molecule has 1 unspecified atom stereocenters. The Morgan fingerprint density at radius 2 is 1.52 bits per heavy atom. The van der Waals surface area contributed by atoms with Crippen LogP contribution >= 0.6 is 0 Å². The molecule has 1 aromatic rings. The molecular weight excluding hydrogens is 647 g/mol. The van der Waals surface area contributed by atoms with Crippen molar-refractivity contribution in [3.8, 4) is 0 Å². The minimum atomic E-state index is -6.33. The number of piperidine rings is 1. The van der Waals surface area contributed by atoms with Crippen LogP contribution in [0.3, 0.4) is 0 Å². The highest BCUT2D eigenvalue weighted by molar-refractivity contribution is 6.19. The highest BCUT2D eigenvalue weighted by Gasteiger charge is 2.64. The normalized spacial score (nSPS) is 20.2. The highest BCUT2D eigenvalue weighted by Crippen LogP contribution is 2.45. The van der Waals surface area contributed by atoms with Crippen molar-refractivity contribution in [1.82, 2.24) is 15.1 Å². The van der Waals surface area contributed by atoms with E-state index in [1.165, 1.54) is 17.0 Å². The van der Waals surface area contributed by atoms with Crippen molar-refractivity contribution in [3.63, 3.8) is 0 Å². The molecule has 3 amide bonds. The molecule has 0 radical (unpaired) electrons. The first kappa shape index (κ1) is 38.7. The number of nitrogens with zero attached hydrogens (tertiary/aromatic N) is 2. The zero-order chi connectivity index (χ0) is 36.2. The average molecular weight is 689 g/mol. The molecule has 2 heterocycles. The molecule has 0 spiro atoms. The molecule has 3 rings (SSSR count). The van der Waals surface area contributed by atoms with Gasteiger partial charge in [-0.05, 0) is 61.9 Å². The van der Waals surface area contributed by atoms with Crippen molar-refractivity contribution in [1.29, 1.82) is 0 Å². The maximum atomic E-state index is 15.2. The van der Waals surface area contributed by atoms with Crippen LogP contribution in [0.25, 0.3) is 0 Å². The molecule has 0 aliphatic carbocycles. The second-order valence-electron chi connectivity index (χ2n) is 12.4. The summed E-state index contributed by atoms with van der Waals surface area (Å²) in [6, 6.07) is 3.38. The quantitative estimate of drug-likeness (QED) is 0.123. The molecule has 3 N–H and O–H groups in total. The SMILES string of the molecule is CC(=O)O/C(=C(/C(C)C)N(C(=O)c1ccc(C(=O)N2CCOCC2)cc1)C(=O)C1(C(=O)[C@@H](N)C(C)C)CCCCN1)C(F)(F)C(F)(F)F. The largest absolute Gasteiger partial charge is 0.461 e. The lowest BCUT2D eigenvalue weighted by molar-refractivity contribution is -0.276. The van der Waals surface area contributed by atoms with E-state index >= 15 is 8.78 Å². The molecule has 0 bridgehead atoms. The Balaban J connectivity index is 2.32. The predicted molar refractivity (Wildman–Crippen MR) is 161 cm³/mol. The van der Waals surface area contributed by atoms with Crippen LogP contribution in [0.1, 0.15) is 74.6 Å². The molecule has 2 fully saturated rings. The predicted octanol–water partition coefficient (Wildman–Crippen LogP) is 3.82. The van der Waals surface area contributed by atoms with Gasteiger partial charge in [0.25, 0.3) is 17.7 Å². The molecule has 2 saturated heterocycles. The summed E-state index contributed by atoms with van der Waals surface area (Å²) in [7, 11) is 0. The highest BCUT2D eigenvalue weighted by atomic mass is 19.4. The van der Waals surface area contributed by atoms with Crippen LogP contribution in [0.4, 0.5) is 22.0 Å². The lowest BCUT2D eigenvalue weighted by atomic mass is 9.78. The van der Waals surface area contributed by atoms with Gasteiger partial charge in [0.15, 0.2) is 11.3 Å². The number of ketones is 1. The van der Waals surface area contributed by atoms with Crippen LogP contribution in [-0.2, 0) is 23.9 Å². The second-order valence-corrected chi connectivity index (χ2v) is 12.4. The molecule has 2 atom stereocenters. The Morgan fingerprint density at radius 3 is 1.98 bits per heavy atom. The number of morpholine rings is 1. The fraction of sp³-hybridized carbons (Fsp3) is 0.594. The molecule has 2 aliphatic heterocycles. The molecule has 0 saturated carbocycles. The first-order valence-electron chi connectivity index (χ1n) is 15.6. The number of nitrogens with one attached hydrogen (secondary N) is 1. The van der Waals surface area contributed by atoms with Gasteiger partial charge in [-0.15, -0.1) is 0 Å². The minimum absolute atomic E-state index is 0.0545. The minimum Gasteiger partial charge on any atom is -0.422 e. The summed E-state index contributed by atoms with van der Waals surface area (Å²) in [5.74, 6) is -15.9. The number of hydrogen-bond donors (Lipinski definition) is 2. The van der Waals surface area contributed by atoms with Crippen molar-refractivity contribution in [2.45, 2.75) is 77.6 Å². The van der Waals surface area contributed by atoms with E-state index in [9.17, 15) is 37.1 Å². The van der Waals surface area contributed by atoms with Gasteiger partial charge in [0.1, 0.15) is 0 Å². The standard InChI is InChI=1S/C32H41F5N4O7/c1-18(2)23(38)25(43)30(12-6-7-13-39-30)29(46)41(24(19(3)4)26(48-20(5)42)31(33,34)32(35,36)37)28(45)22-10-8-21(9-11-22)27(44)40-14-16-47-17-15-40/h8-11,18-19,23,39H,6-7,12-17,38H2,1-5H3/b26-24-/t23-,30?/m0/s1. The third-order valence-electron chi connectivity index (χ3n) is 8.20. The number of amides is 3. The lowest BCUT2D eigenvalue weighted by Crippen LogP contribution is -2.69. The van der Waals surface area contributed by atoms with Crippen LogP contribution < -0.4 is 11.1 Å². The van der Waals surface area contributed by atoms with Gasteiger partial charge in [-0.25, -0.2) is 4.90 Å². The Morgan fingerprint density at radius 1 is 0.958 bits per heavy atom. The van der Waals surface area contributed by atoms with Crippen molar-refractivity contribution in [2.24, 2.45) is 17.6 Å². The molecule has 2 aliphatic rings. The number of esters is 1. The van der Waals surface area contributed by atoms with Crippen molar-refractivity contribution in [3.05, 3.63) is 46.8 Å². The lowest BCUT2D eigenvalue weighted by Gasteiger charge is -2.42. The number of rotatable bonds is 10. The zero-order valence-electron chi connectivity index (χ0n) is 27.4. The number of carbonyl (C=O) groups excluding carboxylic acids is 5. The van der Waals surface area contributed by atoms with Gasteiger partial charge in [-0.2, -0.15) is 22.0 Å². The van der Waals surface area contributed by atoms with Crippen molar-refractivity contribution in [2.75, 3.05) is 32.8 Å². The second kappa shape index (κ2) is 15.2. The molecule has 266 valence electrons. The van der Waals surface area contributed by atoms with Crippen molar-refractivity contribution < 1.29 is 55.4 Å². The zero-order valence-corrected chi connectivity index (χ0v) is 27.4. The molecule has 11 nitrogen and oxygen atoms in total. The number of allylic oxidation sites excluding steroid dienone is 2. The third-order valence-corrected chi connectivity index (χ3v) is 8.20. The van der Waals surface area contributed by atoms with E-state index in [-0.39, 0.29) is 29.8 Å². The Hall–Kier alpha value is -3.76. The summed E-state index contributed by atoms with van der Waals surface area (Å²) in [5.41, 5.74) is 2.29. The third kappa shape index (κ3) is 7.92. The summed E-state index contributed by atoms with van der Waals surface area (Å²) in [4.78, 5) is 69.4. The van der Waals surface area contributed by atoms with Gasteiger partial charge in [0.05, 0.1) is 25.0 Å². The molecule has 48 heavy (non-hydrogen) atoms. The Labute approximate surface area is 274 Å². The fourth-order valence-corrected chi connectivity index (χ4v) is 5.50. The fourth-order valence-electron chi connectivity index (χ4n) is 5.50. The van der Waals surface area contributed by atoms with E-state index in [1.807, 2.05) is 0 Å². The van der Waals surface area contributed by atoms with E-state index in [2.05, 4.69) is 10.1 Å². The van der Waals surface area contributed by atoms with E-state index in [1.54, 1.807) is 13.8 Å². The number of hydrogen-bond acceptors (Lipinski definition) is 9. The van der Waals surface area contributed by atoms with Crippen LogP contribution in [0.15, 0.2) is 35.7 Å². The smallest absolute Gasteiger partial charge is 0.422 e. The van der Waals surface area contributed by atoms with E-state index in [0.29, 0.717) is 39.6 Å². The molecule has 0 aromatic heterocycles. The van der Waals surface area contributed by atoms with E-state index < -0.39 is 82.0 Å². The van der Waals surface area contributed by atoms with Gasteiger partial charge in [-0.3, -0.25) is 29.3 Å². The van der Waals surface area contributed by atoms with Crippen LogP contribution in [0, 0.1) is 11.8 Å². The summed E-state index contributed by atoms with van der Waals surface area (Å²) in [6.45, 7) is 7.28. The topological polar surface area (TPSA) is 148 Å². The number of Topliss-reactive ketones (excluding diaryl/α,β-unsaturated/α-hetero) is 1. The van der Waals surface area contributed by atoms with Gasteiger partial charge in [0.2, 0.25) is 5.76 Å². The first-order chi connectivity index (χ1) is 22.3. The average Bonchev–Trinajstić information content (AvgIpc) is 3.04. The first-order valence-corrected chi connectivity index (χ1v) is 15.6.